The fourth-order valence-electron chi connectivity index (χ4n) is 1.58. The van der Waals surface area contributed by atoms with Crippen LogP contribution in [0.25, 0.3) is 0 Å². The zero-order valence-electron chi connectivity index (χ0n) is 10.5. The van der Waals surface area contributed by atoms with Crippen molar-refractivity contribution in [2.45, 2.75) is 26.3 Å². The summed E-state index contributed by atoms with van der Waals surface area (Å²) in [4.78, 5) is 4.24. The fourth-order valence-corrected chi connectivity index (χ4v) is 1.58. The van der Waals surface area contributed by atoms with Gasteiger partial charge in [0.2, 0.25) is 0 Å². The Hall–Kier alpha value is -1.78. The minimum atomic E-state index is 0.363. The maximum Gasteiger partial charge on any atom is 0.157 e. The number of aromatic nitrogens is 4. The monoisotopic (exact) mass is 234 g/mol. The first kappa shape index (κ1) is 11.7. The first-order valence-corrected chi connectivity index (χ1v) is 5.80. The molecular formula is C12H18N4O. The number of ether oxygens (including phenoxy) is 1. The molecule has 0 aliphatic carbocycles. The number of hydrogen-bond acceptors (Lipinski definition) is 3. The van der Waals surface area contributed by atoms with E-state index in [-0.39, 0.29) is 0 Å². The lowest BCUT2D eigenvalue weighted by atomic mass is 10.4. The highest BCUT2D eigenvalue weighted by Crippen LogP contribution is 2.12. The summed E-state index contributed by atoms with van der Waals surface area (Å²) in [6.45, 7) is 4.80. The Balaban J connectivity index is 1.84. The second-order valence-corrected chi connectivity index (χ2v) is 4.30. The highest BCUT2D eigenvalue weighted by Gasteiger charge is 2.03. The van der Waals surface area contributed by atoms with E-state index in [9.17, 15) is 0 Å². The van der Waals surface area contributed by atoms with Crippen molar-refractivity contribution in [1.29, 1.82) is 0 Å². The van der Waals surface area contributed by atoms with Crippen LogP contribution in [0.4, 0.5) is 0 Å². The van der Waals surface area contributed by atoms with Crippen LogP contribution in [0.1, 0.15) is 25.7 Å². The molecule has 5 heteroatoms. The van der Waals surface area contributed by atoms with Gasteiger partial charge in [-0.15, -0.1) is 0 Å². The number of aryl methyl sites for hydroxylation is 1. The van der Waals surface area contributed by atoms with E-state index in [4.69, 9.17) is 4.74 Å². The lowest BCUT2D eigenvalue weighted by molar-refractivity contribution is 0.316. The van der Waals surface area contributed by atoms with E-state index in [0.29, 0.717) is 12.6 Å². The second kappa shape index (κ2) is 5.03. The van der Waals surface area contributed by atoms with Crippen LogP contribution in [0.15, 0.2) is 24.8 Å². The quantitative estimate of drug-likeness (QED) is 0.792. The molecule has 92 valence electrons. The van der Waals surface area contributed by atoms with Gasteiger partial charge in [0.25, 0.3) is 0 Å². The van der Waals surface area contributed by atoms with Crippen molar-refractivity contribution in [2.24, 2.45) is 7.05 Å². The van der Waals surface area contributed by atoms with Crippen molar-refractivity contribution in [1.82, 2.24) is 19.3 Å². The van der Waals surface area contributed by atoms with Crippen LogP contribution in [-0.4, -0.2) is 25.9 Å². The molecule has 0 aliphatic rings. The zero-order chi connectivity index (χ0) is 12.3. The molecule has 0 N–H and O–H groups in total. The van der Waals surface area contributed by atoms with Crippen LogP contribution in [0, 0.1) is 0 Å². The average Bonchev–Trinajstić information content (AvgIpc) is 2.89. The summed E-state index contributed by atoms with van der Waals surface area (Å²) in [5.41, 5.74) is 0. The summed E-state index contributed by atoms with van der Waals surface area (Å²) in [5.74, 6) is 1.84. The van der Waals surface area contributed by atoms with Crippen molar-refractivity contribution in [2.75, 3.05) is 6.61 Å². The molecule has 0 aromatic carbocycles. The minimum absolute atomic E-state index is 0.363. The van der Waals surface area contributed by atoms with Crippen molar-refractivity contribution in [3.63, 3.8) is 0 Å². The molecule has 0 spiro atoms. The Kier molecular flexibility index (Phi) is 3.46. The summed E-state index contributed by atoms with van der Waals surface area (Å²) in [6.07, 6.45) is 8.20. The molecule has 0 radical (unpaired) electrons. The Labute approximate surface area is 101 Å². The van der Waals surface area contributed by atoms with Gasteiger partial charge in [0.15, 0.2) is 5.75 Å². The van der Waals surface area contributed by atoms with Crippen LogP contribution in [-0.2, 0) is 13.5 Å². The highest BCUT2D eigenvalue weighted by atomic mass is 16.5. The molecule has 0 unspecified atom stereocenters. The van der Waals surface area contributed by atoms with E-state index in [0.717, 1.165) is 18.0 Å². The third-order valence-electron chi connectivity index (χ3n) is 2.62. The van der Waals surface area contributed by atoms with Gasteiger partial charge in [-0.1, -0.05) is 0 Å². The molecule has 0 saturated carbocycles. The molecule has 0 atom stereocenters. The number of imidazole rings is 1. The number of hydrogen-bond donors (Lipinski definition) is 0. The van der Waals surface area contributed by atoms with E-state index in [2.05, 4.69) is 23.9 Å². The van der Waals surface area contributed by atoms with Crippen LogP contribution in [0.5, 0.6) is 5.75 Å². The fraction of sp³-hybridized carbons (Fsp3) is 0.500. The van der Waals surface area contributed by atoms with Crippen molar-refractivity contribution < 1.29 is 4.74 Å². The van der Waals surface area contributed by atoms with Gasteiger partial charge in [0.05, 0.1) is 19.0 Å². The standard InChI is InChI=1S/C12H18N4O/c1-10(2)16-9-11(8-14-16)17-7-4-12-13-5-6-15(12)3/h5-6,8-10H,4,7H2,1-3H3. The van der Waals surface area contributed by atoms with Crippen LogP contribution in [0.3, 0.4) is 0 Å². The SMILES string of the molecule is CC(C)n1cc(OCCc2nccn2C)cn1. The van der Waals surface area contributed by atoms with E-state index in [1.54, 1.807) is 12.4 Å². The predicted octanol–water partition coefficient (Wildman–Crippen LogP) is 1.82. The highest BCUT2D eigenvalue weighted by molar-refractivity contribution is 5.12. The maximum absolute atomic E-state index is 5.63. The summed E-state index contributed by atoms with van der Waals surface area (Å²) < 4.78 is 9.51. The zero-order valence-corrected chi connectivity index (χ0v) is 10.5. The molecule has 0 fully saturated rings. The van der Waals surface area contributed by atoms with E-state index >= 15 is 0 Å². The van der Waals surface area contributed by atoms with Crippen molar-refractivity contribution >= 4 is 0 Å². The van der Waals surface area contributed by atoms with Gasteiger partial charge in [-0.2, -0.15) is 5.10 Å². The van der Waals surface area contributed by atoms with Crippen molar-refractivity contribution in [3.8, 4) is 5.75 Å². The van der Waals surface area contributed by atoms with Gasteiger partial charge in [0.1, 0.15) is 5.82 Å². The third-order valence-corrected chi connectivity index (χ3v) is 2.62. The summed E-state index contributed by atoms with van der Waals surface area (Å²) >= 11 is 0. The summed E-state index contributed by atoms with van der Waals surface area (Å²) in [6, 6.07) is 0.363. The minimum Gasteiger partial charge on any atom is -0.490 e. The van der Waals surface area contributed by atoms with Gasteiger partial charge >= 0.3 is 0 Å². The van der Waals surface area contributed by atoms with E-state index in [1.165, 1.54) is 0 Å². The van der Waals surface area contributed by atoms with Gasteiger partial charge in [-0.05, 0) is 13.8 Å². The molecule has 0 aliphatic heterocycles. The molecule has 0 saturated heterocycles. The number of rotatable bonds is 5. The molecule has 0 bridgehead atoms. The molecule has 2 aromatic rings. The third kappa shape index (κ3) is 2.87. The Morgan fingerprint density at radius 3 is 2.82 bits per heavy atom. The summed E-state index contributed by atoms with van der Waals surface area (Å²) in [7, 11) is 1.99. The lowest BCUT2D eigenvalue weighted by Crippen LogP contribution is -2.06. The second-order valence-electron chi connectivity index (χ2n) is 4.30. The van der Waals surface area contributed by atoms with E-state index in [1.807, 2.05) is 28.7 Å². The molecule has 5 nitrogen and oxygen atoms in total. The predicted molar refractivity (Wildman–Crippen MR) is 65.0 cm³/mol. The lowest BCUT2D eigenvalue weighted by Gasteiger charge is -2.04. The first-order chi connectivity index (χ1) is 8.16. The molecular weight excluding hydrogens is 216 g/mol. The molecule has 2 rings (SSSR count). The van der Waals surface area contributed by atoms with Gasteiger partial charge in [-0.3, -0.25) is 4.68 Å². The Bertz CT molecular complexity index is 472. The average molecular weight is 234 g/mol. The normalized spacial score (nSPS) is 11.1. The van der Waals surface area contributed by atoms with Crippen LogP contribution in [0.2, 0.25) is 0 Å². The maximum atomic E-state index is 5.63. The molecule has 0 amide bonds. The van der Waals surface area contributed by atoms with E-state index < -0.39 is 0 Å². The topological polar surface area (TPSA) is 44.9 Å². The van der Waals surface area contributed by atoms with Crippen LogP contribution < -0.4 is 4.74 Å². The van der Waals surface area contributed by atoms with Gasteiger partial charge in [0, 0.05) is 31.9 Å². The van der Waals surface area contributed by atoms with Crippen LogP contribution >= 0.6 is 0 Å². The van der Waals surface area contributed by atoms with Crippen molar-refractivity contribution in [3.05, 3.63) is 30.6 Å². The molecule has 17 heavy (non-hydrogen) atoms. The molecule has 2 heterocycles. The van der Waals surface area contributed by atoms with Gasteiger partial charge < -0.3 is 9.30 Å². The van der Waals surface area contributed by atoms with Gasteiger partial charge in [-0.25, -0.2) is 4.98 Å². The molecule has 2 aromatic heterocycles. The largest absolute Gasteiger partial charge is 0.490 e. The smallest absolute Gasteiger partial charge is 0.157 e. The Morgan fingerprint density at radius 2 is 2.24 bits per heavy atom. The first-order valence-electron chi connectivity index (χ1n) is 5.80. The Morgan fingerprint density at radius 1 is 1.41 bits per heavy atom. The number of nitrogens with zero attached hydrogens (tertiary/aromatic N) is 4. The summed E-state index contributed by atoms with van der Waals surface area (Å²) in [5, 5.41) is 4.22.